The number of rotatable bonds is 5. The van der Waals surface area contributed by atoms with Crippen molar-refractivity contribution in [2.75, 3.05) is 25.7 Å². The van der Waals surface area contributed by atoms with Gasteiger partial charge in [0.25, 0.3) is 5.91 Å². The molecule has 1 aliphatic rings. The van der Waals surface area contributed by atoms with Gasteiger partial charge in [-0.2, -0.15) is 13.2 Å². The van der Waals surface area contributed by atoms with Crippen molar-refractivity contribution >= 4 is 17.6 Å². The molecule has 1 heterocycles. The molecule has 3 aromatic rings. The molecule has 0 bridgehead atoms. The molecule has 1 N–H and O–H groups in total. The average Bonchev–Trinajstić information content (AvgIpc) is 2.89. The third kappa shape index (κ3) is 4.42. The molecule has 0 radical (unpaired) electrons. The van der Waals surface area contributed by atoms with E-state index in [2.05, 4.69) is 0 Å². The summed E-state index contributed by atoms with van der Waals surface area (Å²) in [5.41, 5.74) is -3.86. The van der Waals surface area contributed by atoms with E-state index in [4.69, 9.17) is 9.47 Å². The van der Waals surface area contributed by atoms with Crippen molar-refractivity contribution in [3.05, 3.63) is 83.2 Å². The molecule has 0 fully saturated rings. The van der Waals surface area contributed by atoms with Gasteiger partial charge in [-0.25, -0.2) is 9.18 Å². The van der Waals surface area contributed by atoms with Crippen LogP contribution in [-0.2, 0) is 15.1 Å². The Labute approximate surface area is 210 Å². The van der Waals surface area contributed by atoms with E-state index in [9.17, 15) is 32.3 Å². The average molecular weight is 517 g/mol. The minimum absolute atomic E-state index is 0.0206. The summed E-state index contributed by atoms with van der Waals surface area (Å²) in [7, 11) is 2.41. The molecular formula is C27H23F4NO5. The molecule has 0 saturated carbocycles. The van der Waals surface area contributed by atoms with Gasteiger partial charge in [0.05, 0.1) is 18.4 Å². The number of likely N-dealkylation sites (N-methyl/N-ethyl adjacent to an activating group) is 1. The van der Waals surface area contributed by atoms with Crippen LogP contribution in [-0.4, -0.2) is 43.9 Å². The third-order valence-corrected chi connectivity index (χ3v) is 6.62. The van der Waals surface area contributed by atoms with Crippen molar-refractivity contribution < 1.29 is 41.7 Å². The van der Waals surface area contributed by atoms with Crippen molar-refractivity contribution in [3.63, 3.8) is 0 Å². The molecule has 0 spiro atoms. The number of hydrogen-bond acceptors (Lipinski definition) is 5. The molecule has 1 aliphatic heterocycles. The highest BCUT2D eigenvalue weighted by Crippen LogP contribution is 2.52. The van der Waals surface area contributed by atoms with Crippen LogP contribution in [0.5, 0.6) is 5.75 Å². The Morgan fingerprint density at radius 2 is 1.78 bits per heavy atom. The number of ether oxygens (including phenoxy) is 2. The van der Waals surface area contributed by atoms with Crippen LogP contribution in [0.4, 0.5) is 23.2 Å². The number of fused-ring (bicyclic) bond motifs is 1. The highest BCUT2D eigenvalue weighted by atomic mass is 19.4. The minimum Gasteiger partial charge on any atom is -0.478 e. The number of amides is 1. The van der Waals surface area contributed by atoms with E-state index in [0.29, 0.717) is 17.2 Å². The molecule has 2 unspecified atom stereocenters. The van der Waals surface area contributed by atoms with Gasteiger partial charge < -0.3 is 19.5 Å². The zero-order valence-corrected chi connectivity index (χ0v) is 20.1. The Morgan fingerprint density at radius 3 is 2.41 bits per heavy atom. The standard InChI is InChI=1S/C27H23F4NO5/c1-15(20-11-17(25(34)36-3)9-10-19(20)16-7-5-4-6-8-16)26(35,27(29,30)31)18-12-21(28)24-22(13-18)32(2)23(33)14-37-24/h4-13,15,35H,14H2,1-3H3. The van der Waals surface area contributed by atoms with E-state index in [-0.39, 0.29) is 22.6 Å². The van der Waals surface area contributed by atoms with E-state index in [0.717, 1.165) is 25.0 Å². The number of benzene rings is 3. The van der Waals surface area contributed by atoms with Gasteiger partial charge in [0, 0.05) is 13.0 Å². The maximum Gasteiger partial charge on any atom is 0.422 e. The number of carbonyl (C=O) groups excluding carboxylic acids is 2. The third-order valence-electron chi connectivity index (χ3n) is 6.62. The molecule has 1 amide bonds. The SMILES string of the molecule is COC(=O)c1ccc(-c2ccccc2)c(C(C)C(O)(c2cc(F)c3c(c2)N(C)C(=O)CO3)C(F)(F)F)c1. The van der Waals surface area contributed by atoms with Gasteiger partial charge in [0.1, 0.15) is 0 Å². The predicted molar refractivity (Wildman–Crippen MR) is 127 cm³/mol. The van der Waals surface area contributed by atoms with Gasteiger partial charge in [-0.05, 0) is 46.5 Å². The number of alkyl halides is 3. The predicted octanol–water partition coefficient (Wildman–Crippen LogP) is 5.19. The number of methoxy groups -OCH3 is 1. The Balaban J connectivity index is 1.97. The number of carbonyl (C=O) groups is 2. The Morgan fingerprint density at radius 1 is 1.11 bits per heavy atom. The molecule has 0 saturated heterocycles. The highest BCUT2D eigenvalue weighted by molar-refractivity contribution is 5.97. The number of esters is 1. The first-order valence-electron chi connectivity index (χ1n) is 11.2. The van der Waals surface area contributed by atoms with Crippen LogP contribution in [0.25, 0.3) is 11.1 Å². The van der Waals surface area contributed by atoms with E-state index in [1.807, 2.05) is 0 Å². The van der Waals surface area contributed by atoms with Crippen LogP contribution < -0.4 is 9.64 Å². The van der Waals surface area contributed by atoms with Crippen molar-refractivity contribution in [1.29, 1.82) is 0 Å². The minimum atomic E-state index is -5.29. The lowest BCUT2D eigenvalue weighted by Crippen LogP contribution is -2.47. The van der Waals surface area contributed by atoms with E-state index in [1.165, 1.54) is 25.2 Å². The van der Waals surface area contributed by atoms with Crippen LogP contribution in [0.3, 0.4) is 0 Å². The zero-order valence-electron chi connectivity index (χ0n) is 20.1. The van der Waals surface area contributed by atoms with Crippen LogP contribution in [0.1, 0.15) is 34.3 Å². The Bertz CT molecular complexity index is 1360. The van der Waals surface area contributed by atoms with Gasteiger partial charge in [0.2, 0.25) is 0 Å². The van der Waals surface area contributed by atoms with E-state index >= 15 is 0 Å². The normalized spacial score (nSPS) is 15.9. The second kappa shape index (κ2) is 9.51. The summed E-state index contributed by atoms with van der Waals surface area (Å²) in [5, 5.41) is 11.4. The number of hydrogen-bond donors (Lipinski definition) is 1. The van der Waals surface area contributed by atoms with Crippen molar-refractivity contribution in [1.82, 2.24) is 0 Å². The van der Waals surface area contributed by atoms with Crippen molar-refractivity contribution in [2.24, 2.45) is 0 Å². The lowest BCUT2D eigenvalue weighted by molar-refractivity contribution is -0.274. The molecule has 3 aromatic carbocycles. The molecule has 194 valence electrons. The molecule has 2 atom stereocenters. The van der Waals surface area contributed by atoms with Gasteiger partial charge in [-0.15, -0.1) is 0 Å². The lowest BCUT2D eigenvalue weighted by Gasteiger charge is -2.38. The zero-order chi connectivity index (χ0) is 27.1. The fourth-order valence-electron chi connectivity index (χ4n) is 4.49. The van der Waals surface area contributed by atoms with Crippen LogP contribution in [0, 0.1) is 5.82 Å². The first kappa shape index (κ1) is 26.2. The first-order valence-corrected chi connectivity index (χ1v) is 11.2. The van der Waals surface area contributed by atoms with Gasteiger partial charge >= 0.3 is 12.1 Å². The monoisotopic (exact) mass is 517 g/mol. The lowest BCUT2D eigenvalue weighted by atomic mass is 9.75. The quantitative estimate of drug-likeness (QED) is 0.373. The smallest absolute Gasteiger partial charge is 0.422 e. The summed E-state index contributed by atoms with van der Waals surface area (Å²) in [6.45, 7) is 0.666. The molecular weight excluding hydrogens is 494 g/mol. The summed E-state index contributed by atoms with van der Waals surface area (Å²) in [4.78, 5) is 25.3. The highest BCUT2D eigenvalue weighted by Gasteiger charge is 2.59. The maximum atomic E-state index is 15.0. The van der Waals surface area contributed by atoms with Crippen LogP contribution in [0.15, 0.2) is 60.7 Å². The van der Waals surface area contributed by atoms with Gasteiger partial charge in [0.15, 0.2) is 23.8 Å². The number of aliphatic hydroxyl groups is 1. The fraction of sp³-hybridized carbons (Fsp3) is 0.259. The summed E-state index contributed by atoms with van der Waals surface area (Å²) in [6.07, 6.45) is -5.29. The first-order chi connectivity index (χ1) is 17.4. The summed E-state index contributed by atoms with van der Waals surface area (Å²) in [6, 6.07) is 14.0. The summed E-state index contributed by atoms with van der Waals surface area (Å²) < 4.78 is 69.0. The maximum absolute atomic E-state index is 15.0. The molecule has 0 aromatic heterocycles. The van der Waals surface area contributed by atoms with E-state index < -0.39 is 47.6 Å². The van der Waals surface area contributed by atoms with Gasteiger partial charge in [-0.1, -0.05) is 43.3 Å². The van der Waals surface area contributed by atoms with Crippen molar-refractivity contribution in [3.8, 4) is 16.9 Å². The Hall–Kier alpha value is -3.92. The Kier molecular flexibility index (Phi) is 6.72. The molecule has 10 heteroatoms. The molecule has 37 heavy (non-hydrogen) atoms. The van der Waals surface area contributed by atoms with Gasteiger partial charge in [-0.3, -0.25) is 4.79 Å². The number of halogens is 4. The van der Waals surface area contributed by atoms with Crippen LogP contribution >= 0.6 is 0 Å². The molecule has 0 aliphatic carbocycles. The molecule has 4 rings (SSSR count). The van der Waals surface area contributed by atoms with Crippen molar-refractivity contribution in [2.45, 2.75) is 24.6 Å². The largest absolute Gasteiger partial charge is 0.478 e. The number of anilines is 1. The fourth-order valence-corrected chi connectivity index (χ4v) is 4.49. The van der Waals surface area contributed by atoms with Crippen LogP contribution in [0.2, 0.25) is 0 Å². The second-order valence-electron chi connectivity index (χ2n) is 8.69. The second-order valence-corrected chi connectivity index (χ2v) is 8.69. The number of nitrogens with zero attached hydrogens (tertiary/aromatic N) is 1. The molecule has 6 nitrogen and oxygen atoms in total. The topological polar surface area (TPSA) is 76.1 Å². The summed E-state index contributed by atoms with van der Waals surface area (Å²) in [5.74, 6) is -4.66. The summed E-state index contributed by atoms with van der Waals surface area (Å²) >= 11 is 0. The van der Waals surface area contributed by atoms with E-state index in [1.54, 1.807) is 30.3 Å².